The molecule has 4 saturated carbocycles. The average molecular weight is 345 g/mol. The van der Waals surface area contributed by atoms with Gasteiger partial charge in [0.2, 0.25) is 0 Å². The van der Waals surface area contributed by atoms with Gasteiger partial charge in [-0.15, -0.1) is 6.58 Å². The molecule has 2 heteroatoms. The molecule has 0 saturated heterocycles. The van der Waals surface area contributed by atoms with Gasteiger partial charge < -0.3 is 4.74 Å². The number of rotatable bonds is 3. The Morgan fingerprint density at radius 2 is 1.84 bits per heavy atom. The number of ether oxygens (including phenoxy) is 1. The molecule has 0 unspecified atom stereocenters. The molecule has 0 aromatic heterocycles. The average Bonchev–Trinajstić information content (AvgIpc) is 2.85. The predicted molar refractivity (Wildman–Crippen MR) is 101 cm³/mol. The van der Waals surface area contributed by atoms with E-state index in [4.69, 9.17) is 4.74 Å². The van der Waals surface area contributed by atoms with Gasteiger partial charge in [0.15, 0.2) is 0 Å². The van der Waals surface area contributed by atoms with Crippen molar-refractivity contribution in [3.63, 3.8) is 0 Å². The molecular formula is C23H36O2. The van der Waals surface area contributed by atoms with Crippen LogP contribution in [-0.2, 0) is 9.53 Å². The minimum atomic E-state index is 0.0110. The molecule has 0 aromatic rings. The Bertz CT molecular complexity index is 568. The predicted octanol–water partition coefficient (Wildman–Crippen LogP) is 5.56. The number of carbonyl (C=O) groups is 1. The van der Waals surface area contributed by atoms with Crippen molar-refractivity contribution in [1.82, 2.24) is 0 Å². The molecule has 0 N–H and O–H groups in total. The fourth-order valence-corrected chi connectivity index (χ4v) is 7.75. The summed E-state index contributed by atoms with van der Waals surface area (Å²) in [5.74, 6) is 3.66. The monoisotopic (exact) mass is 344 g/mol. The first-order chi connectivity index (χ1) is 11.8. The molecule has 2 nitrogen and oxygen atoms in total. The summed E-state index contributed by atoms with van der Waals surface area (Å²) in [5, 5.41) is 0. The van der Waals surface area contributed by atoms with Crippen molar-refractivity contribution in [2.75, 3.05) is 6.61 Å². The second-order valence-electron chi connectivity index (χ2n) is 10.2. The van der Waals surface area contributed by atoms with E-state index in [9.17, 15) is 4.79 Å². The van der Waals surface area contributed by atoms with Crippen molar-refractivity contribution in [3.05, 3.63) is 12.7 Å². The van der Waals surface area contributed by atoms with E-state index in [2.05, 4.69) is 27.4 Å². The topological polar surface area (TPSA) is 26.3 Å². The maximum Gasteiger partial charge on any atom is 0.133 e. The van der Waals surface area contributed by atoms with Gasteiger partial charge in [-0.1, -0.05) is 19.9 Å². The summed E-state index contributed by atoms with van der Waals surface area (Å²) in [6, 6.07) is 0. The van der Waals surface area contributed by atoms with Gasteiger partial charge in [-0.25, -0.2) is 0 Å². The number of ketones is 1. The SMILES string of the molecule is C=CCO[C@@]1(C)CC[C@H]2[C@@H]3CC[C@H]4CC(=O)CC[C@]4(C)[C@H]3CC[C@@]21C. The van der Waals surface area contributed by atoms with Crippen LogP contribution in [0.15, 0.2) is 12.7 Å². The van der Waals surface area contributed by atoms with E-state index in [0.717, 1.165) is 37.0 Å². The number of hydrogen-bond acceptors (Lipinski definition) is 2. The van der Waals surface area contributed by atoms with E-state index in [0.29, 0.717) is 29.1 Å². The molecule has 4 aliphatic carbocycles. The van der Waals surface area contributed by atoms with Crippen molar-refractivity contribution >= 4 is 5.78 Å². The molecule has 25 heavy (non-hydrogen) atoms. The number of Topliss-reactive ketones (excluding diaryl/α,β-unsaturated/α-hetero) is 1. The summed E-state index contributed by atoms with van der Waals surface area (Å²) in [7, 11) is 0. The van der Waals surface area contributed by atoms with Gasteiger partial charge in [0.25, 0.3) is 0 Å². The standard InChI is InChI=1S/C23H36O2/c1-5-14-25-23(4)13-10-20-18-7-6-16-15-17(24)8-11-21(16,2)19(18)9-12-22(20,23)3/h5,16,18-20H,1,6-15H2,2-4H3/t16-,18+,19-,20-,21-,22-,23-/m0/s1. The first-order valence-electron chi connectivity index (χ1n) is 10.6. The summed E-state index contributed by atoms with van der Waals surface area (Å²) in [4.78, 5) is 12.0. The van der Waals surface area contributed by atoms with Gasteiger partial charge in [0.1, 0.15) is 5.78 Å². The smallest absolute Gasteiger partial charge is 0.133 e. The van der Waals surface area contributed by atoms with Gasteiger partial charge in [-0.2, -0.15) is 0 Å². The van der Waals surface area contributed by atoms with Crippen molar-refractivity contribution in [1.29, 1.82) is 0 Å². The second kappa shape index (κ2) is 5.94. The normalized spacial score (nSPS) is 52.2. The lowest BCUT2D eigenvalue weighted by atomic mass is 9.44. The van der Waals surface area contributed by atoms with Crippen LogP contribution >= 0.6 is 0 Å². The Morgan fingerprint density at radius 3 is 2.60 bits per heavy atom. The van der Waals surface area contributed by atoms with E-state index in [1.807, 2.05) is 6.08 Å². The van der Waals surface area contributed by atoms with Crippen LogP contribution in [0.4, 0.5) is 0 Å². The highest BCUT2D eigenvalue weighted by Gasteiger charge is 2.63. The third kappa shape index (κ3) is 2.42. The van der Waals surface area contributed by atoms with E-state index >= 15 is 0 Å². The molecule has 4 fully saturated rings. The highest BCUT2D eigenvalue weighted by Crippen LogP contribution is 2.68. The lowest BCUT2D eigenvalue weighted by molar-refractivity contribution is -0.164. The van der Waals surface area contributed by atoms with Gasteiger partial charge in [0.05, 0.1) is 12.2 Å². The largest absolute Gasteiger partial charge is 0.371 e. The lowest BCUT2D eigenvalue weighted by Gasteiger charge is -2.61. The summed E-state index contributed by atoms with van der Waals surface area (Å²) in [5.41, 5.74) is 0.737. The molecule has 0 bridgehead atoms. The minimum Gasteiger partial charge on any atom is -0.371 e. The Balaban J connectivity index is 1.60. The summed E-state index contributed by atoms with van der Waals surface area (Å²) >= 11 is 0. The summed E-state index contributed by atoms with van der Waals surface area (Å²) in [6.07, 6.45) is 12.5. The molecule has 0 aliphatic heterocycles. The van der Waals surface area contributed by atoms with E-state index in [1.165, 1.54) is 38.5 Å². The first kappa shape index (κ1) is 17.8. The zero-order valence-corrected chi connectivity index (χ0v) is 16.5. The fourth-order valence-electron chi connectivity index (χ4n) is 7.75. The summed E-state index contributed by atoms with van der Waals surface area (Å²) in [6.45, 7) is 11.9. The molecule has 0 heterocycles. The van der Waals surface area contributed by atoms with Gasteiger partial charge in [-0.3, -0.25) is 4.79 Å². The maximum absolute atomic E-state index is 12.0. The van der Waals surface area contributed by atoms with Crippen molar-refractivity contribution in [3.8, 4) is 0 Å². The molecule has 0 amide bonds. The lowest BCUT2D eigenvalue weighted by Crippen LogP contribution is -2.56. The highest BCUT2D eigenvalue weighted by molar-refractivity contribution is 5.79. The van der Waals surface area contributed by atoms with Crippen LogP contribution in [0, 0.1) is 34.5 Å². The van der Waals surface area contributed by atoms with E-state index in [-0.39, 0.29) is 5.60 Å². The van der Waals surface area contributed by atoms with Crippen LogP contribution in [0.1, 0.15) is 78.6 Å². The zero-order valence-electron chi connectivity index (χ0n) is 16.5. The van der Waals surface area contributed by atoms with Crippen molar-refractivity contribution in [2.24, 2.45) is 34.5 Å². The number of hydrogen-bond donors (Lipinski definition) is 0. The first-order valence-corrected chi connectivity index (χ1v) is 10.6. The number of carbonyl (C=O) groups excluding carboxylic acids is 1. The van der Waals surface area contributed by atoms with Crippen LogP contribution in [0.2, 0.25) is 0 Å². The van der Waals surface area contributed by atoms with Gasteiger partial charge in [-0.05, 0) is 86.4 Å². The Kier molecular flexibility index (Phi) is 4.22. The van der Waals surface area contributed by atoms with Crippen LogP contribution in [0.5, 0.6) is 0 Å². The van der Waals surface area contributed by atoms with Crippen molar-refractivity contribution < 1.29 is 9.53 Å². The van der Waals surface area contributed by atoms with E-state index in [1.54, 1.807) is 0 Å². The summed E-state index contributed by atoms with van der Waals surface area (Å²) < 4.78 is 6.37. The van der Waals surface area contributed by atoms with Gasteiger partial charge in [0, 0.05) is 12.8 Å². The Morgan fingerprint density at radius 1 is 1.08 bits per heavy atom. The second-order valence-corrected chi connectivity index (χ2v) is 10.2. The maximum atomic E-state index is 12.0. The van der Waals surface area contributed by atoms with E-state index < -0.39 is 0 Å². The van der Waals surface area contributed by atoms with Crippen LogP contribution in [0.25, 0.3) is 0 Å². The molecule has 140 valence electrons. The molecule has 0 aromatic carbocycles. The van der Waals surface area contributed by atoms with Gasteiger partial charge >= 0.3 is 0 Å². The highest BCUT2D eigenvalue weighted by atomic mass is 16.5. The van der Waals surface area contributed by atoms with Crippen LogP contribution in [-0.4, -0.2) is 18.0 Å². The fraction of sp³-hybridized carbons (Fsp3) is 0.870. The molecular weight excluding hydrogens is 308 g/mol. The quantitative estimate of drug-likeness (QED) is 0.627. The zero-order chi connectivity index (χ0) is 17.9. The Labute approximate surface area is 153 Å². The van der Waals surface area contributed by atoms with Crippen LogP contribution in [0.3, 0.4) is 0 Å². The molecule has 4 rings (SSSR count). The van der Waals surface area contributed by atoms with Crippen LogP contribution < -0.4 is 0 Å². The molecule has 0 radical (unpaired) electrons. The third-order valence-electron chi connectivity index (χ3n) is 9.53. The molecule has 7 atom stereocenters. The molecule has 4 aliphatic rings. The molecule has 0 spiro atoms. The third-order valence-corrected chi connectivity index (χ3v) is 9.53. The minimum absolute atomic E-state index is 0.0110. The number of fused-ring (bicyclic) bond motifs is 5. The Hall–Kier alpha value is -0.630. The van der Waals surface area contributed by atoms with Crippen molar-refractivity contribution in [2.45, 2.75) is 84.2 Å².